The van der Waals surface area contributed by atoms with Gasteiger partial charge in [-0.2, -0.15) is 0 Å². The minimum atomic E-state index is -0.901. The van der Waals surface area contributed by atoms with Crippen LogP contribution in [0.4, 0.5) is 0 Å². The summed E-state index contributed by atoms with van der Waals surface area (Å²) in [6.07, 6.45) is 13.3. The predicted molar refractivity (Wildman–Crippen MR) is 229 cm³/mol. The predicted octanol–water partition coefficient (Wildman–Crippen LogP) is 2.80. The number of hydrogen-bond acceptors (Lipinski definition) is 10. The summed E-state index contributed by atoms with van der Waals surface area (Å²) in [6, 6.07) is -1.09. The van der Waals surface area contributed by atoms with Crippen molar-refractivity contribution in [1.82, 2.24) is 25.8 Å². The number of esters is 1. The quantitative estimate of drug-likeness (QED) is 0.152. The van der Waals surface area contributed by atoms with E-state index in [-0.39, 0.29) is 88.3 Å². The lowest BCUT2D eigenvalue weighted by molar-refractivity contribution is -0.157. The van der Waals surface area contributed by atoms with Crippen LogP contribution in [0, 0.1) is 35.5 Å². The van der Waals surface area contributed by atoms with Gasteiger partial charge in [0.25, 0.3) is 0 Å². The molecule has 0 bridgehead atoms. The molecule has 343 valence electrons. The van der Waals surface area contributed by atoms with E-state index >= 15 is 0 Å². The number of carbonyl (C=O) groups is 8. The highest BCUT2D eigenvalue weighted by atomic mass is 16.5. The zero-order chi connectivity index (χ0) is 43.4. The number of hydrogen-bond donors (Lipinski definition) is 6. The first-order chi connectivity index (χ1) is 27.8. The van der Waals surface area contributed by atoms with Crippen LogP contribution in [0.15, 0.2) is 0 Å². The summed E-state index contributed by atoms with van der Waals surface area (Å²) in [5.74, 6) is -2.13. The number of aliphatic carboxylic acids is 2. The molecule has 60 heavy (non-hydrogen) atoms. The molecular formula is C42H76BN6O11. The van der Waals surface area contributed by atoms with Gasteiger partial charge in [-0.1, -0.05) is 7.43 Å². The summed E-state index contributed by atoms with van der Waals surface area (Å²) in [6.45, 7) is 1.18. The molecule has 5 fully saturated rings. The number of carbonyl (C=O) groups excluding carboxylic acids is 6. The normalized spacial score (nSPS) is 27.2. The van der Waals surface area contributed by atoms with Crippen LogP contribution < -0.4 is 21.7 Å². The van der Waals surface area contributed by atoms with Crippen molar-refractivity contribution in [3.63, 3.8) is 0 Å². The van der Waals surface area contributed by atoms with Crippen molar-refractivity contribution < 1.29 is 54.7 Å². The number of likely N-dealkylation sites (tertiary alicyclic amines) is 2. The first kappa shape index (κ1) is 55.8. The third-order valence-corrected chi connectivity index (χ3v) is 12.4. The molecule has 3 radical (unpaired) electrons. The highest BCUT2D eigenvalue weighted by Gasteiger charge is 2.39. The van der Waals surface area contributed by atoms with Crippen LogP contribution in [-0.2, 0) is 43.1 Å². The number of carboxylic acid groups (broad SMARTS) is 2. The highest BCUT2D eigenvalue weighted by Crippen LogP contribution is 2.34. The van der Waals surface area contributed by atoms with E-state index in [1.54, 1.807) is 30.9 Å². The third kappa shape index (κ3) is 16.3. The van der Waals surface area contributed by atoms with Crippen molar-refractivity contribution in [2.75, 3.05) is 48.4 Å². The maximum atomic E-state index is 12.7. The van der Waals surface area contributed by atoms with Gasteiger partial charge in [-0.15, -0.1) is 0 Å². The van der Waals surface area contributed by atoms with Gasteiger partial charge in [0.15, 0.2) is 0 Å². The lowest BCUT2D eigenvalue weighted by Gasteiger charge is -2.37. The number of amides is 5. The van der Waals surface area contributed by atoms with Crippen LogP contribution in [0.25, 0.3) is 0 Å². The largest absolute Gasteiger partial charge is 0.481 e. The molecule has 5 aliphatic rings. The smallest absolute Gasteiger partial charge is 0.328 e. The molecule has 3 saturated carbocycles. The molecule has 0 aromatic heterocycles. The van der Waals surface area contributed by atoms with E-state index in [9.17, 15) is 43.5 Å². The average Bonchev–Trinajstić information content (AvgIpc) is 3.28. The zero-order valence-corrected chi connectivity index (χ0v) is 35.9. The summed E-state index contributed by atoms with van der Waals surface area (Å²) >= 11 is 0. The number of carboxylic acids is 2. The molecule has 0 aromatic rings. The molecule has 3 aliphatic carbocycles. The van der Waals surface area contributed by atoms with Gasteiger partial charge >= 0.3 is 17.9 Å². The molecule has 18 heteroatoms. The fraction of sp³-hybridized carbons (Fsp3) is 0.810. The second-order valence-corrected chi connectivity index (χ2v) is 15.8. The minimum absolute atomic E-state index is 0. The Kier molecular flexibility index (Phi) is 27.1. The Bertz CT molecular complexity index is 1390. The Hall–Kier alpha value is -4.22. The van der Waals surface area contributed by atoms with E-state index in [4.69, 9.17) is 9.84 Å². The van der Waals surface area contributed by atoms with E-state index in [1.165, 1.54) is 14.2 Å². The van der Waals surface area contributed by atoms with Crippen LogP contribution in [0.3, 0.4) is 0 Å². The molecule has 7 N–H and O–H groups in total. The summed E-state index contributed by atoms with van der Waals surface area (Å²) in [5, 5.41) is 25.9. The molecular weight excluding hydrogens is 775 g/mol. The highest BCUT2D eigenvalue weighted by molar-refractivity contribution is 5.87. The standard InChI is InChI=1S/C16H26N2O4.C15H24N2O4.C9H15NO3.CH5N.CH4.B.H2/c1-17-14(19)11-6-8-12(9-7-11)15(20)18-10-4-3-5-13(18)16(21)22-2;1-16-13(18)10-5-7-11(8-6-10)14(19)17-9-3-2-4-12(17)15(20)21;1-10-8(11)6-2-4-7(5-3-6)9(12)13;1-2;;;/h11-13H,3-10H2,1-2H3,(H,17,19);10-12H,2-9H2,1H3,(H,16,18)(H,20,21);6-7H,2-5H2,1H3,(H,10,11)(H,12,13);2H2,1H3;1H4;;1H/i;;;;;;1+1. The molecule has 2 saturated heterocycles. The van der Waals surface area contributed by atoms with Crippen molar-refractivity contribution in [2.45, 2.75) is 135 Å². The molecule has 2 heterocycles. The maximum Gasteiger partial charge on any atom is 0.328 e. The Morgan fingerprint density at radius 1 is 0.500 bits per heavy atom. The van der Waals surface area contributed by atoms with Crippen LogP contribution in [-0.4, -0.2) is 136 Å². The van der Waals surface area contributed by atoms with Crippen molar-refractivity contribution >= 4 is 55.9 Å². The Morgan fingerprint density at radius 2 is 0.800 bits per heavy atom. The zero-order valence-electron chi connectivity index (χ0n) is 35.9. The van der Waals surface area contributed by atoms with Crippen molar-refractivity contribution in [3.05, 3.63) is 0 Å². The second-order valence-electron chi connectivity index (χ2n) is 15.8. The van der Waals surface area contributed by atoms with Crippen LogP contribution >= 0.6 is 0 Å². The fourth-order valence-corrected chi connectivity index (χ4v) is 8.92. The fourth-order valence-electron chi connectivity index (χ4n) is 8.92. The molecule has 0 spiro atoms. The number of ether oxygens (including phenoxy) is 1. The Labute approximate surface area is 360 Å². The monoisotopic (exact) mass is 853 g/mol. The van der Waals surface area contributed by atoms with E-state index < -0.39 is 24.0 Å². The number of piperidine rings is 2. The number of nitrogens with zero attached hydrogens (tertiary/aromatic N) is 2. The maximum absolute atomic E-state index is 12.7. The molecule has 2 aliphatic heterocycles. The van der Waals surface area contributed by atoms with Gasteiger partial charge in [-0.25, -0.2) is 9.59 Å². The first-order valence-corrected chi connectivity index (χ1v) is 21.1. The van der Waals surface area contributed by atoms with Crippen LogP contribution in [0.2, 0.25) is 0 Å². The van der Waals surface area contributed by atoms with E-state index in [0.717, 1.165) is 51.4 Å². The van der Waals surface area contributed by atoms with Crippen molar-refractivity contribution in [1.29, 1.82) is 0 Å². The van der Waals surface area contributed by atoms with E-state index in [0.29, 0.717) is 77.3 Å². The lowest BCUT2D eigenvalue weighted by atomic mass is 9.80. The van der Waals surface area contributed by atoms with Gasteiger partial charge in [0.2, 0.25) is 29.5 Å². The number of nitrogens with one attached hydrogen (secondary N) is 3. The number of rotatable bonds is 8. The number of nitrogens with two attached hydrogens (primary N) is 1. The van der Waals surface area contributed by atoms with Gasteiger partial charge in [-0.3, -0.25) is 28.8 Å². The average molecular weight is 853 g/mol. The van der Waals surface area contributed by atoms with Gasteiger partial charge in [0.05, 0.1) is 13.0 Å². The van der Waals surface area contributed by atoms with Crippen molar-refractivity contribution in [3.8, 4) is 0 Å². The van der Waals surface area contributed by atoms with E-state index in [2.05, 4.69) is 21.7 Å². The molecule has 5 rings (SSSR count). The summed E-state index contributed by atoms with van der Waals surface area (Å²) in [5.41, 5.74) is 4.50. The minimum Gasteiger partial charge on any atom is -0.481 e. The molecule has 2 atom stereocenters. The third-order valence-electron chi connectivity index (χ3n) is 12.4. The first-order valence-electron chi connectivity index (χ1n) is 21.1. The lowest BCUT2D eigenvalue weighted by Crippen LogP contribution is -2.51. The Balaban J connectivity index is 0. The molecule has 0 aromatic carbocycles. The topological polar surface area (TPSA) is 255 Å². The summed E-state index contributed by atoms with van der Waals surface area (Å²) in [4.78, 5) is 96.8. The van der Waals surface area contributed by atoms with Gasteiger partial charge in [0, 0.05) is 73.7 Å². The van der Waals surface area contributed by atoms with Gasteiger partial charge in [0.1, 0.15) is 12.1 Å². The SMILES string of the molecule is C.CN.CNC(=O)C1CCC(C(=O)N2CCCCC2C(=O)O)CC1.CNC(=O)C1CCC(C(=O)N2CCCCC2C(=O)OC)CC1.CNC(=O)C1CCC(C(=O)O)CC1.[2HH].[B]. The number of methoxy groups -OCH3 is 1. The molecule has 17 nitrogen and oxygen atoms in total. The summed E-state index contributed by atoms with van der Waals surface area (Å²) in [7, 11) is 7.76. The Morgan fingerprint density at radius 3 is 1.10 bits per heavy atom. The van der Waals surface area contributed by atoms with Gasteiger partial charge in [-0.05, 0) is 123 Å². The van der Waals surface area contributed by atoms with Gasteiger partial charge < -0.3 is 46.4 Å². The molecule has 2 unspecified atom stereocenters. The van der Waals surface area contributed by atoms with Crippen molar-refractivity contribution in [2.24, 2.45) is 41.2 Å². The molecule has 5 amide bonds. The van der Waals surface area contributed by atoms with E-state index in [1.807, 2.05) is 0 Å². The summed E-state index contributed by atoms with van der Waals surface area (Å²) < 4.78 is 4.83. The van der Waals surface area contributed by atoms with Crippen LogP contribution in [0.5, 0.6) is 0 Å². The van der Waals surface area contributed by atoms with Crippen LogP contribution in [0.1, 0.15) is 124 Å². The second kappa shape index (κ2) is 29.1.